The molecule has 0 saturated carbocycles. The van der Waals surface area contributed by atoms with Crippen molar-refractivity contribution in [1.82, 2.24) is 0 Å². The van der Waals surface area contributed by atoms with Gasteiger partial charge in [-0.3, -0.25) is 19.3 Å². The number of ketones is 1. The first-order valence-corrected chi connectivity index (χ1v) is 6.25. The van der Waals surface area contributed by atoms with Crippen molar-refractivity contribution in [1.29, 1.82) is 0 Å². The summed E-state index contributed by atoms with van der Waals surface area (Å²) in [6, 6.07) is 2.28. The van der Waals surface area contributed by atoms with Gasteiger partial charge in [-0.2, -0.15) is 0 Å². The van der Waals surface area contributed by atoms with E-state index in [1.165, 1.54) is 6.07 Å². The Morgan fingerprint density at radius 2 is 2.11 bits per heavy atom. The summed E-state index contributed by atoms with van der Waals surface area (Å²) in [6.07, 6.45) is 0. The number of hydrogen-bond acceptors (Lipinski definition) is 4. The second-order valence-corrected chi connectivity index (χ2v) is 4.66. The van der Waals surface area contributed by atoms with Gasteiger partial charge in [0, 0.05) is 0 Å². The average molecular weight is 330 g/mol. The minimum atomic E-state index is -0.861. The molecule has 0 saturated heterocycles. The fourth-order valence-electron chi connectivity index (χ4n) is 1.78. The Bertz CT molecular complexity index is 587. The molecule has 5 nitrogen and oxygen atoms in total. The molecule has 1 amide bonds. The summed E-state index contributed by atoms with van der Waals surface area (Å²) in [5, 5.41) is 0. The molecule has 0 radical (unpaired) electrons. The van der Waals surface area contributed by atoms with Gasteiger partial charge < -0.3 is 4.74 Å². The molecular weight excluding hydrogens is 321 g/mol. The summed E-state index contributed by atoms with van der Waals surface area (Å²) in [5.74, 6) is -2.89. The molecule has 1 heterocycles. The third-order valence-electron chi connectivity index (χ3n) is 2.61. The highest BCUT2D eigenvalue weighted by Gasteiger charge is 2.37. The van der Waals surface area contributed by atoms with E-state index in [2.05, 4.69) is 15.9 Å². The molecule has 19 heavy (non-hydrogen) atoms. The van der Waals surface area contributed by atoms with Crippen molar-refractivity contribution in [3.8, 4) is 0 Å². The van der Waals surface area contributed by atoms with Crippen molar-refractivity contribution < 1.29 is 23.5 Å². The zero-order valence-corrected chi connectivity index (χ0v) is 11.5. The summed E-state index contributed by atoms with van der Waals surface area (Å²) in [5.41, 5.74) is 0.159. The molecule has 100 valence electrons. The molecule has 1 aliphatic rings. The van der Waals surface area contributed by atoms with Crippen LogP contribution in [0.15, 0.2) is 16.6 Å². The highest BCUT2D eigenvalue weighted by molar-refractivity contribution is 9.10. The van der Waals surface area contributed by atoms with E-state index < -0.39 is 30.0 Å². The number of ether oxygens (including phenoxy) is 1. The number of carbonyl (C=O) groups excluding carboxylic acids is 3. The van der Waals surface area contributed by atoms with E-state index >= 15 is 0 Å². The second kappa shape index (κ2) is 5.08. The summed E-state index contributed by atoms with van der Waals surface area (Å²) >= 11 is 2.94. The standard InChI is InChI=1S/C12H9BrFNO4/c1-2-19-10(16)5-15-9-4-8(14)7(13)3-6(9)11(17)12(15)18/h3-4H,2,5H2,1H3. The third kappa shape index (κ3) is 2.37. The predicted molar refractivity (Wildman–Crippen MR) is 67.4 cm³/mol. The molecule has 0 atom stereocenters. The number of hydrogen-bond donors (Lipinski definition) is 0. The number of nitrogens with zero attached hydrogens (tertiary/aromatic N) is 1. The summed E-state index contributed by atoms with van der Waals surface area (Å²) in [7, 11) is 0. The van der Waals surface area contributed by atoms with Gasteiger partial charge in [-0.25, -0.2) is 4.39 Å². The molecule has 0 bridgehead atoms. The maximum Gasteiger partial charge on any atom is 0.326 e. The van der Waals surface area contributed by atoms with E-state index in [1.807, 2.05) is 0 Å². The van der Waals surface area contributed by atoms with Crippen molar-refractivity contribution in [3.05, 3.63) is 28.0 Å². The van der Waals surface area contributed by atoms with E-state index in [0.29, 0.717) is 0 Å². The van der Waals surface area contributed by atoms with Crippen LogP contribution in [0.5, 0.6) is 0 Å². The van der Waals surface area contributed by atoms with Crippen molar-refractivity contribution in [2.75, 3.05) is 18.1 Å². The van der Waals surface area contributed by atoms with E-state index in [-0.39, 0.29) is 22.3 Å². The molecule has 0 unspecified atom stereocenters. The van der Waals surface area contributed by atoms with Crippen LogP contribution in [0.25, 0.3) is 0 Å². The Morgan fingerprint density at radius 3 is 2.74 bits per heavy atom. The Balaban J connectivity index is 2.38. The molecule has 2 rings (SSSR count). The van der Waals surface area contributed by atoms with Gasteiger partial charge >= 0.3 is 5.97 Å². The van der Waals surface area contributed by atoms with Crippen LogP contribution in [0.3, 0.4) is 0 Å². The van der Waals surface area contributed by atoms with Gasteiger partial charge in [0.1, 0.15) is 12.4 Å². The van der Waals surface area contributed by atoms with Gasteiger partial charge in [0.2, 0.25) is 0 Å². The Hall–Kier alpha value is -1.76. The fraction of sp³-hybridized carbons (Fsp3) is 0.250. The van der Waals surface area contributed by atoms with Crippen LogP contribution < -0.4 is 4.90 Å². The number of rotatable bonds is 3. The molecule has 0 aromatic heterocycles. The van der Waals surface area contributed by atoms with Gasteiger partial charge in [0.15, 0.2) is 0 Å². The minimum Gasteiger partial charge on any atom is -0.465 e. The Labute approximate surface area is 116 Å². The summed E-state index contributed by atoms with van der Waals surface area (Å²) < 4.78 is 18.3. The Morgan fingerprint density at radius 1 is 1.42 bits per heavy atom. The molecular formula is C12H9BrFNO4. The largest absolute Gasteiger partial charge is 0.465 e. The molecule has 1 aromatic rings. The summed E-state index contributed by atoms with van der Waals surface area (Å²) in [4.78, 5) is 35.8. The van der Waals surface area contributed by atoms with Gasteiger partial charge in [0.25, 0.3) is 11.7 Å². The van der Waals surface area contributed by atoms with E-state index in [4.69, 9.17) is 4.74 Å². The average Bonchev–Trinajstić information content (AvgIpc) is 2.56. The van der Waals surface area contributed by atoms with Crippen LogP contribution in [0.2, 0.25) is 0 Å². The van der Waals surface area contributed by atoms with E-state index in [9.17, 15) is 18.8 Å². The monoisotopic (exact) mass is 329 g/mol. The number of carbonyl (C=O) groups is 3. The van der Waals surface area contributed by atoms with Crippen LogP contribution in [0.1, 0.15) is 17.3 Å². The van der Waals surface area contributed by atoms with Gasteiger partial charge in [-0.1, -0.05) is 0 Å². The fourth-order valence-corrected chi connectivity index (χ4v) is 2.12. The Kier molecular flexibility index (Phi) is 3.66. The number of esters is 1. The molecule has 0 N–H and O–H groups in total. The van der Waals surface area contributed by atoms with Gasteiger partial charge in [0.05, 0.1) is 22.3 Å². The number of Topliss-reactive ketones (excluding diaryl/α,β-unsaturated/α-hetero) is 1. The van der Waals surface area contributed by atoms with Gasteiger partial charge in [-0.15, -0.1) is 0 Å². The van der Waals surface area contributed by atoms with Crippen molar-refractivity contribution in [2.45, 2.75) is 6.92 Å². The normalized spacial score (nSPS) is 13.7. The van der Waals surface area contributed by atoms with Crippen molar-refractivity contribution in [2.24, 2.45) is 0 Å². The molecule has 1 aromatic carbocycles. The highest BCUT2D eigenvalue weighted by Crippen LogP contribution is 2.33. The SMILES string of the molecule is CCOC(=O)CN1C(=O)C(=O)c2cc(Br)c(F)cc21. The number of halogens is 2. The smallest absolute Gasteiger partial charge is 0.326 e. The second-order valence-electron chi connectivity index (χ2n) is 3.81. The molecule has 0 aliphatic carbocycles. The summed E-state index contributed by atoms with van der Waals surface area (Å²) in [6.45, 7) is 1.38. The van der Waals surface area contributed by atoms with Crippen LogP contribution in [-0.4, -0.2) is 30.8 Å². The van der Waals surface area contributed by atoms with Crippen LogP contribution >= 0.6 is 15.9 Å². The van der Waals surface area contributed by atoms with Crippen LogP contribution in [-0.2, 0) is 14.3 Å². The zero-order valence-electron chi connectivity index (χ0n) is 9.91. The lowest BCUT2D eigenvalue weighted by Crippen LogP contribution is -2.35. The lowest BCUT2D eigenvalue weighted by molar-refractivity contribution is -0.142. The van der Waals surface area contributed by atoms with Gasteiger partial charge in [-0.05, 0) is 35.0 Å². The first-order valence-electron chi connectivity index (χ1n) is 5.46. The third-order valence-corrected chi connectivity index (χ3v) is 3.21. The van der Waals surface area contributed by atoms with E-state index in [0.717, 1.165) is 11.0 Å². The minimum absolute atomic E-state index is 0.0718. The zero-order chi connectivity index (χ0) is 14.2. The number of benzene rings is 1. The lowest BCUT2D eigenvalue weighted by atomic mass is 10.1. The first kappa shape index (κ1) is 13.7. The van der Waals surface area contributed by atoms with Crippen molar-refractivity contribution in [3.63, 3.8) is 0 Å². The predicted octanol–water partition coefficient (Wildman–Crippen LogP) is 1.68. The number of amides is 1. The number of fused-ring (bicyclic) bond motifs is 1. The molecule has 0 fully saturated rings. The lowest BCUT2D eigenvalue weighted by Gasteiger charge is -2.15. The first-order chi connectivity index (χ1) is 8.95. The maximum absolute atomic E-state index is 13.5. The number of anilines is 1. The molecule has 0 spiro atoms. The van der Waals surface area contributed by atoms with E-state index in [1.54, 1.807) is 6.92 Å². The quantitative estimate of drug-likeness (QED) is 0.625. The maximum atomic E-state index is 13.5. The highest BCUT2D eigenvalue weighted by atomic mass is 79.9. The molecule has 1 aliphatic heterocycles. The van der Waals surface area contributed by atoms with Crippen LogP contribution in [0.4, 0.5) is 10.1 Å². The molecule has 7 heteroatoms. The van der Waals surface area contributed by atoms with Crippen LogP contribution in [0, 0.1) is 5.82 Å². The van der Waals surface area contributed by atoms with Crippen molar-refractivity contribution >= 4 is 39.3 Å². The topological polar surface area (TPSA) is 63.7 Å².